The van der Waals surface area contributed by atoms with Crippen molar-refractivity contribution in [1.82, 2.24) is 0 Å². The van der Waals surface area contributed by atoms with Gasteiger partial charge in [-0.2, -0.15) is 0 Å². The Hall–Kier alpha value is -0.460. The Bertz CT molecular complexity index is 157. The van der Waals surface area contributed by atoms with Gasteiger partial charge in [0.2, 0.25) is 0 Å². The number of rotatable bonds is 5. The molecule has 1 unspecified atom stereocenters. The summed E-state index contributed by atoms with van der Waals surface area (Å²) in [5, 5.41) is 2.42. The van der Waals surface area contributed by atoms with Crippen molar-refractivity contribution in [2.24, 2.45) is 4.99 Å². The zero-order valence-corrected chi connectivity index (χ0v) is 8.03. The average molecular weight is 169 g/mol. The summed E-state index contributed by atoms with van der Waals surface area (Å²) in [4.78, 5) is 4.03. The second-order valence-corrected chi connectivity index (χ2v) is 2.60. The highest BCUT2D eigenvalue weighted by Gasteiger charge is 1.97. The van der Waals surface area contributed by atoms with Gasteiger partial charge in [0.25, 0.3) is 0 Å². The molecule has 0 aliphatic rings. The van der Waals surface area contributed by atoms with E-state index in [1.165, 1.54) is 0 Å². The summed E-state index contributed by atoms with van der Waals surface area (Å²) in [6.07, 6.45) is 7.49. The molecule has 0 aromatic carbocycles. The second kappa shape index (κ2) is 7.64. The Balaban J connectivity index is 3.87. The van der Waals surface area contributed by atoms with Crippen LogP contribution in [0.1, 0.15) is 33.1 Å². The van der Waals surface area contributed by atoms with Crippen LogP contribution in [0.3, 0.4) is 0 Å². The second-order valence-electron chi connectivity index (χ2n) is 2.41. The zero-order chi connectivity index (χ0) is 8.53. The third-order valence-electron chi connectivity index (χ3n) is 1.40. The fraction of sp³-hybridized carbons (Fsp3) is 0.667. The van der Waals surface area contributed by atoms with Crippen molar-refractivity contribution in [3.05, 3.63) is 12.2 Å². The molecule has 0 radical (unpaired) electrons. The number of thiocarbonyl (C=S) groups is 1. The van der Waals surface area contributed by atoms with Gasteiger partial charge < -0.3 is 0 Å². The van der Waals surface area contributed by atoms with Gasteiger partial charge in [-0.3, -0.25) is 0 Å². The third kappa shape index (κ3) is 5.96. The van der Waals surface area contributed by atoms with Gasteiger partial charge in [0, 0.05) is 0 Å². The zero-order valence-electron chi connectivity index (χ0n) is 7.21. The van der Waals surface area contributed by atoms with E-state index in [0.29, 0.717) is 0 Å². The summed E-state index contributed by atoms with van der Waals surface area (Å²) >= 11 is 4.54. The molecule has 0 spiro atoms. The van der Waals surface area contributed by atoms with E-state index in [9.17, 15) is 0 Å². The van der Waals surface area contributed by atoms with E-state index >= 15 is 0 Å². The standard InChI is InChI=1S/C9H15NS/c1-3-5-7-9(6-4-2)10-8-11/h5,7,9H,3-4,6H2,1-2H3/b7-5+. The van der Waals surface area contributed by atoms with Crippen LogP contribution in [0, 0.1) is 0 Å². The van der Waals surface area contributed by atoms with E-state index in [0.717, 1.165) is 19.3 Å². The molecular formula is C9H15NS. The number of aliphatic imine (C=N–C) groups is 1. The monoisotopic (exact) mass is 169 g/mol. The van der Waals surface area contributed by atoms with E-state index in [2.05, 4.69) is 48.4 Å². The minimum absolute atomic E-state index is 0.262. The lowest BCUT2D eigenvalue weighted by Gasteiger charge is -2.01. The topological polar surface area (TPSA) is 12.4 Å². The summed E-state index contributed by atoms with van der Waals surface area (Å²) in [5.41, 5.74) is 0. The Morgan fingerprint density at radius 3 is 2.73 bits per heavy atom. The van der Waals surface area contributed by atoms with E-state index in [1.54, 1.807) is 0 Å². The molecule has 0 fully saturated rings. The van der Waals surface area contributed by atoms with Gasteiger partial charge in [0.1, 0.15) is 0 Å². The van der Waals surface area contributed by atoms with Crippen LogP contribution in [0.5, 0.6) is 0 Å². The van der Waals surface area contributed by atoms with E-state index in [1.807, 2.05) is 0 Å². The fourth-order valence-electron chi connectivity index (χ4n) is 0.860. The van der Waals surface area contributed by atoms with Crippen LogP contribution in [0.4, 0.5) is 0 Å². The Labute approximate surface area is 74.2 Å². The molecule has 0 N–H and O–H groups in total. The average Bonchev–Trinajstić information content (AvgIpc) is 2.01. The molecule has 62 valence electrons. The van der Waals surface area contributed by atoms with Gasteiger partial charge >= 0.3 is 0 Å². The minimum atomic E-state index is 0.262. The van der Waals surface area contributed by atoms with Gasteiger partial charge in [-0.25, -0.2) is 4.99 Å². The number of isothiocyanates is 1. The van der Waals surface area contributed by atoms with Crippen molar-refractivity contribution >= 4 is 17.4 Å². The van der Waals surface area contributed by atoms with Gasteiger partial charge in [-0.15, -0.1) is 0 Å². The SMILES string of the molecule is CC/C=C/C(CCC)N=C=S. The molecule has 0 saturated heterocycles. The van der Waals surface area contributed by atoms with Gasteiger partial charge in [0.15, 0.2) is 0 Å². The minimum Gasteiger partial charge on any atom is -0.225 e. The largest absolute Gasteiger partial charge is 0.225 e. The lowest BCUT2D eigenvalue weighted by molar-refractivity contribution is 0.707. The van der Waals surface area contributed by atoms with Crippen molar-refractivity contribution in [1.29, 1.82) is 0 Å². The Morgan fingerprint density at radius 1 is 1.55 bits per heavy atom. The van der Waals surface area contributed by atoms with Crippen molar-refractivity contribution in [3.63, 3.8) is 0 Å². The van der Waals surface area contributed by atoms with Crippen molar-refractivity contribution < 1.29 is 0 Å². The van der Waals surface area contributed by atoms with Crippen LogP contribution in [0.25, 0.3) is 0 Å². The summed E-state index contributed by atoms with van der Waals surface area (Å²) in [6, 6.07) is 0.262. The van der Waals surface area contributed by atoms with Gasteiger partial charge in [0.05, 0.1) is 11.2 Å². The summed E-state index contributed by atoms with van der Waals surface area (Å²) in [6.45, 7) is 4.26. The van der Waals surface area contributed by atoms with Crippen LogP contribution in [0.2, 0.25) is 0 Å². The van der Waals surface area contributed by atoms with Crippen molar-refractivity contribution in [2.45, 2.75) is 39.2 Å². The molecule has 0 aliphatic heterocycles. The van der Waals surface area contributed by atoms with Crippen LogP contribution < -0.4 is 0 Å². The molecule has 11 heavy (non-hydrogen) atoms. The highest BCUT2D eigenvalue weighted by molar-refractivity contribution is 7.78. The summed E-state index contributed by atoms with van der Waals surface area (Å²) in [5.74, 6) is 0. The van der Waals surface area contributed by atoms with Gasteiger partial charge in [-0.1, -0.05) is 32.4 Å². The first-order valence-electron chi connectivity index (χ1n) is 4.08. The van der Waals surface area contributed by atoms with Crippen LogP contribution in [0.15, 0.2) is 17.1 Å². The Morgan fingerprint density at radius 2 is 2.27 bits per heavy atom. The van der Waals surface area contributed by atoms with Crippen molar-refractivity contribution in [2.75, 3.05) is 0 Å². The number of hydrogen-bond donors (Lipinski definition) is 0. The molecule has 2 heteroatoms. The number of allylic oxidation sites excluding steroid dienone is 1. The molecule has 1 nitrogen and oxygen atoms in total. The molecular weight excluding hydrogens is 154 g/mol. The highest BCUT2D eigenvalue weighted by atomic mass is 32.1. The fourth-order valence-corrected chi connectivity index (χ4v) is 0.996. The highest BCUT2D eigenvalue weighted by Crippen LogP contribution is 2.02. The molecule has 0 aromatic heterocycles. The van der Waals surface area contributed by atoms with E-state index in [-0.39, 0.29) is 6.04 Å². The predicted octanol–water partition coefficient (Wildman–Crippen LogP) is 3.22. The number of hydrogen-bond acceptors (Lipinski definition) is 2. The smallest absolute Gasteiger partial charge is 0.0783 e. The molecule has 0 aromatic rings. The van der Waals surface area contributed by atoms with Crippen LogP contribution >= 0.6 is 12.2 Å². The first kappa shape index (κ1) is 10.5. The molecule has 1 atom stereocenters. The van der Waals surface area contributed by atoms with Crippen LogP contribution in [-0.2, 0) is 0 Å². The summed E-state index contributed by atoms with van der Waals surface area (Å²) < 4.78 is 0. The first-order valence-corrected chi connectivity index (χ1v) is 4.49. The summed E-state index contributed by atoms with van der Waals surface area (Å²) in [7, 11) is 0. The van der Waals surface area contributed by atoms with E-state index in [4.69, 9.17) is 0 Å². The Kier molecular flexibility index (Phi) is 7.33. The first-order chi connectivity index (χ1) is 5.35. The van der Waals surface area contributed by atoms with Crippen LogP contribution in [-0.4, -0.2) is 11.2 Å². The normalized spacial score (nSPS) is 12.9. The molecule has 0 heterocycles. The molecule has 0 rings (SSSR count). The van der Waals surface area contributed by atoms with E-state index < -0.39 is 0 Å². The molecule has 0 saturated carbocycles. The molecule has 0 amide bonds. The number of nitrogens with zero attached hydrogens (tertiary/aromatic N) is 1. The maximum Gasteiger partial charge on any atom is 0.0783 e. The quantitative estimate of drug-likeness (QED) is 0.350. The van der Waals surface area contributed by atoms with Crippen molar-refractivity contribution in [3.8, 4) is 0 Å². The predicted molar refractivity (Wildman–Crippen MR) is 53.2 cm³/mol. The maximum absolute atomic E-state index is 4.54. The van der Waals surface area contributed by atoms with Gasteiger partial charge in [-0.05, 0) is 25.1 Å². The molecule has 0 aliphatic carbocycles. The third-order valence-corrected chi connectivity index (χ3v) is 1.50. The maximum atomic E-state index is 4.54. The molecule has 0 bridgehead atoms. The lowest BCUT2D eigenvalue weighted by atomic mass is 10.1. The lowest BCUT2D eigenvalue weighted by Crippen LogP contribution is -1.97.